The Morgan fingerprint density at radius 3 is 2.47 bits per heavy atom. The maximum atomic E-state index is 12.2. The third-order valence-corrected chi connectivity index (χ3v) is 4.41. The number of hydrogen-bond donors (Lipinski definition) is 2. The highest BCUT2D eigenvalue weighted by molar-refractivity contribution is 7.89. The van der Waals surface area contributed by atoms with Gasteiger partial charge in [0.2, 0.25) is 10.0 Å². The number of sulfonamides is 1. The minimum absolute atomic E-state index is 0.298. The zero-order valence-electron chi connectivity index (χ0n) is 11.3. The summed E-state index contributed by atoms with van der Waals surface area (Å²) < 4.78 is 26.9. The standard InChI is InChI=1S/C14H18N2O2S/c1-10-5-4-6-14(7-10)19(17,18)15-9-13-8-11(2)16-12(13)3/h4-8,15-16H,9H2,1-3H3. The molecule has 0 fully saturated rings. The fourth-order valence-electron chi connectivity index (χ4n) is 2.00. The smallest absolute Gasteiger partial charge is 0.240 e. The molecule has 1 aromatic heterocycles. The summed E-state index contributed by atoms with van der Waals surface area (Å²) in [5.41, 5.74) is 3.91. The third-order valence-electron chi connectivity index (χ3n) is 3.01. The fourth-order valence-corrected chi connectivity index (χ4v) is 3.11. The minimum Gasteiger partial charge on any atom is -0.362 e. The van der Waals surface area contributed by atoms with E-state index in [2.05, 4.69) is 9.71 Å². The largest absolute Gasteiger partial charge is 0.362 e. The van der Waals surface area contributed by atoms with E-state index in [9.17, 15) is 8.42 Å². The molecule has 0 aliphatic heterocycles. The summed E-state index contributed by atoms with van der Waals surface area (Å²) in [7, 11) is -3.45. The molecule has 0 radical (unpaired) electrons. The summed E-state index contributed by atoms with van der Waals surface area (Å²) in [5, 5.41) is 0. The molecule has 0 aliphatic rings. The van der Waals surface area contributed by atoms with Crippen molar-refractivity contribution in [3.8, 4) is 0 Å². The van der Waals surface area contributed by atoms with Crippen LogP contribution in [-0.4, -0.2) is 13.4 Å². The van der Waals surface area contributed by atoms with Crippen LogP contribution in [0.4, 0.5) is 0 Å². The van der Waals surface area contributed by atoms with E-state index in [1.807, 2.05) is 32.9 Å². The number of aryl methyl sites for hydroxylation is 3. The molecule has 2 N–H and O–H groups in total. The van der Waals surface area contributed by atoms with Crippen LogP contribution in [0.2, 0.25) is 0 Å². The van der Waals surface area contributed by atoms with Crippen LogP contribution in [0.5, 0.6) is 0 Å². The number of benzene rings is 1. The van der Waals surface area contributed by atoms with Gasteiger partial charge in [0.05, 0.1) is 4.90 Å². The molecule has 0 atom stereocenters. The van der Waals surface area contributed by atoms with E-state index >= 15 is 0 Å². The van der Waals surface area contributed by atoms with E-state index in [1.54, 1.807) is 18.2 Å². The van der Waals surface area contributed by atoms with Crippen LogP contribution >= 0.6 is 0 Å². The zero-order valence-corrected chi connectivity index (χ0v) is 12.1. The normalized spacial score (nSPS) is 11.7. The van der Waals surface area contributed by atoms with E-state index in [0.717, 1.165) is 22.5 Å². The first-order chi connectivity index (χ1) is 8.88. The first-order valence-electron chi connectivity index (χ1n) is 6.10. The van der Waals surface area contributed by atoms with Crippen LogP contribution in [0.3, 0.4) is 0 Å². The second-order valence-electron chi connectivity index (χ2n) is 4.74. The van der Waals surface area contributed by atoms with Gasteiger partial charge in [0, 0.05) is 17.9 Å². The van der Waals surface area contributed by atoms with Gasteiger partial charge < -0.3 is 4.98 Å². The number of hydrogen-bond acceptors (Lipinski definition) is 2. The van der Waals surface area contributed by atoms with E-state index in [0.29, 0.717) is 11.4 Å². The average Bonchev–Trinajstić information content (AvgIpc) is 2.65. The Bertz CT molecular complexity index is 687. The molecule has 0 saturated heterocycles. The van der Waals surface area contributed by atoms with E-state index in [-0.39, 0.29) is 0 Å². The number of nitrogens with one attached hydrogen (secondary N) is 2. The lowest BCUT2D eigenvalue weighted by Gasteiger charge is -2.07. The first kappa shape index (κ1) is 13.8. The summed E-state index contributed by atoms with van der Waals surface area (Å²) in [5.74, 6) is 0. The lowest BCUT2D eigenvalue weighted by molar-refractivity contribution is 0.581. The highest BCUT2D eigenvalue weighted by atomic mass is 32.2. The number of rotatable bonds is 4. The van der Waals surface area contributed by atoms with Crippen molar-refractivity contribution >= 4 is 10.0 Å². The van der Waals surface area contributed by atoms with Crippen LogP contribution in [-0.2, 0) is 16.6 Å². The summed E-state index contributed by atoms with van der Waals surface area (Å²) >= 11 is 0. The van der Waals surface area contributed by atoms with Crippen molar-refractivity contribution in [1.82, 2.24) is 9.71 Å². The first-order valence-corrected chi connectivity index (χ1v) is 7.58. The molecule has 0 saturated carbocycles. The maximum Gasteiger partial charge on any atom is 0.240 e. The van der Waals surface area contributed by atoms with Gasteiger partial charge >= 0.3 is 0 Å². The van der Waals surface area contributed by atoms with Gasteiger partial charge in [0.1, 0.15) is 0 Å². The Balaban J connectivity index is 2.16. The molecule has 1 aromatic carbocycles. The summed E-state index contributed by atoms with van der Waals surface area (Å²) in [6, 6.07) is 8.84. The monoisotopic (exact) mass is 278 g/mol. The lowest BCUT2D eigenvalue weighted by Crippen LogP contribution is -2.23. The van der Waals surface area contributed by atoms with Gasteiger partial charge in [0.15, 0.2) is 0 Å². The quantitative estimate of drug-likeness (QED) is 0.902. The molecular formula is C14H18N2O2S. The van der Waals surface area contributed by atoms with Crippen LogP contribution in [0, 0.1) is 20.8 Å². The number of aromatic nitrogens is 1. The van der Waals surface area contributed by atoms with E-state index < -0.39 is 10.0 Å². The molecule has 4 nitrogen and oxygen atoms in total. The summed E-state index contributed by atoms with van der Waals surface area (Å²) in [6.07, 6.45) is 0. The molecule has 0 amide bonds. The Hall–Kier alpha value is -1.59. The molecule has 19 heavy (non-hydrogen) atoms. The van der Waals surface area contributed by atoms with Crippen LogP contribution in [0.1, 0.15) is 22.5 Å². The molecule has 2 aromatic rings. The molecule has 0 spiro atoms. The van der Waals surface area contributed by atoms with Crippen LogP contribution < -0.4 is 4.72 Å². The molecule has 5 heteroatoms. The van der Waals surface area contributed by atoms with Crippen molar-refractivity contribution in [3.05, 3.63) is 52.8 Å². The molecule has 1 heterocycles. The Kier molecular flexibility index (Phi) is 3.78. The summed E-state index contributed by atoms with van der Waals surface area (Å²) in [4.78, 5) is 3.46. The van der Waals surface area contributed by atoms with E-state index in [1.165, 1.54) is 0 Å². The fraction of sp³-hybridized carbons (Fsp3) is 0.286. The molecule has 2 rings (SSSR count). The van der Waals surface area contributed by atoms with Gasteiger partial charge in [-0.2, -0.15) is 0 Å². The van der Waals surface area contributed by atoms with Crippen LogP contribution in [0.15, 0.2) is 35.2 Å². The molecular weight excluding hydrogens is 260 g/mol. The zero-order chi connectivity index (χ0) is 14.0. The third kappa shape index (κ3) is 3.24. The van der Waals surface area contributed by atoms with Crippen molar-refractivity contribution < 1.29 is 8.42 Å². The topological polar surface area (TPSA) is 62.0 Å². The average molecular weight is 278 g/mol. The van der Waals surface area contributed by atoms with E-state index in [4.69, 9.17) is 0 Å². The molecule has 0 unspecified atom stereocenters. The second kappa shape index (κ2) is 5.19. The van der Waals surface area contributed by atoms with Crippen molar-refractivity contribution in [2.24, 2.45) is 0 Å². The Morgan fingerprint density at radius 1 is 1.16 bits per heavy atom. The van der Waals surface area contributed by atoms with Gasteiger partial charge in [-0.1, -0.05) is 12.1 Å². The molecule has 0 aliphatic carbocycles. The summed E-state index contributed by atoms with van der Waals surface area (Å²) in [6.45, 7) is 6.06. The maximum absolute atomic E-state index is 12.2. The lowest BCUT2D eigenvalue weighted by atomic mass is 10.2. The number of H-pyrrole nitrogens is 1. The van der Waals surface area contributed by atoms with Gasteiger partial charge in [-0.15, -0.1) is 0 Å². The second-order valence-corrected chi connectivity index (χ2v) is 6.51. The van der Waals surface area contributed by atoms with Gasteiger partial charge in [-0.3, -0.25) is 0 Å². The number of aromatic amines is 1. The van der Waals surface area contributed by atoms with Gasteiger partial charge in [-0.25, -0.2) is 13.1 Å². The van der Waals surface area contributed by atoms with Crippen LogP contribution in [0.25, 0.3) is 0 Å². The van der Waals surface area contributed by atoms with Gasteiger partial charge in [0.25, 0.3) is 0 Å². The Morgan fingerprint density at radius 2 is 1.89 bits per heavy atom. The van der Waals surface area contributed by atoms with Crippen molar-refractivity contribution in [3.63, 3.8) is 0 Å². The van der Waals surface area contributed by atoms with Crippen molar-refractivity contribution in [1.29, 1.82) is 0 Å². The van der Waals surface area contributed by atoms with Crippen molar-refractivity contribution in [2.75, 3.05) is 0 Å². The molecule has 102 valence electrons. The highest BCUT2D eigenvalue weighted by Crippen LogP contribution is 2.13. The SMILES string of the molecule is Cc1cccc(S(=O)(=O)NCc2cc(C)[nH]c2C)c1. The Labute approximate surface area is 113 Å². The van der Waals surface area contributed by atoms with Crippen molar-refractivity contribution in [2.45, 2.75) is 32.2 Å². The highest BCUT2D eigenvalue weighted by Gasteiger charge is 2.14. The predicted octanol–water partition coefficient (Wildman–Crippen LogP) is 2.42. The van der Waals surface area contributed by atoms with Gasteiger partial charge in [-0.05, 0) is 50.1 Å². The molecule has 0 bridgehead atoms. The predicted molar refractivity (Wildman–Crippen MR) is 75.5 cm³/mol. The minimum atomic E-state index is -3.45.